The quantitative estimate of drug-likeness (QED) is 0.904. The van der Waals surface area contributed by atoms with Gasteiger partial charge in [-0.2, -0.15) is 5.10 Å². The molecule has 2 aromatic rings. The maximum Gasteiger partial charge on any atom is 0.263 e. The van der Waals surface area contributed by atoms with Crippen molar-refractivity contribution in [2.45, 2.75) is 18.9 Å². The number of nitrogens with zero attached hydrogens (tertiary/aromatic N) is 4. The van der Waals surface area contributed by atoms with Crippen molar-refractivity contribution in [3.63, 3.8) is 0 Å². The first kappa shape index (κ1) is 16.4. The lowest BCUT2D eigenvalue weighted by Crippen LogP contribution is -2.45. The highest BCUT2D eigenvalue weighted by atomic mass is 32.1. The Kier molecular flexibility index (Phi) is 4.75. The summed E-state index contributed by atoms with van der Waals surface area (Å²) in [5.74, 6) is 0.308. The van der Waals surface area contributed by atoms with E-state index in [4.69, 9.17) is 5.73 Å². The average molecular weight is 345 g/mol. The number of thiophene rings is 1. The lowest BCUT2D eigenvalue weighted by molar-refractivity contribution is 0.0718. The fourth-order valence-electron chi connectivity index (χ4n) is 2.87. The van der Waals surface area contributed by atoms with E-state index in [1.165, 1.54) is 0 Å². The summed E-state index contributed by atoms with van der Waals surface area (Å²) in [6.07, 6.45) is 3.39. The smallest absolute Gasteiger partial charge is 0.263 e. The van der Waals surface area contributed by atoms with Crippen molar-refractivity contribution in [3.05, 3.63) is 40.2 Å². The molecule has 1 aliphatic rings. The Labute approximate surface area is 144 Å². The minimum absolute atomic E-state index is 0.0342. The second kappa shape index (κ2) is 6.96. The molecule has 0 spiro atoms. The summed E-state index contributed by atoms with van der Waals surface area (Å²) < 4.78 is 0. The first-order valence-electron chi connectivity index (χ1n) is 7.75. The largest absolute Gasteiger partial charge is 0.365 e. The minimum Gasteiger partial charge on any atom is -0.365 e. The predicted octanol–water partition coefficient (Wildman–Crippen LogP) is 1.38. The molecule has 8 heteroatoms. The van der Waals surface area contributed by atoms with Gasteiger partial charge in [-0.25, -0.2) is 0 Å². The maximum atomic E-state index is 12.5. The number of likely N-dealkylation sites (tertiary alicyclic amines) is 1. The van der Waals surface area contributed by atoms with Crippen molar-refractivity contribution >= 4 is 29.0 Å². The van der Waals surface area contributed by atoms with Crippen LogP contribution in [0.15, 0.2) is 30.5 Å². The molecule has 1 saturated heterocycles. The number of amides is 2. The Hall–Kier alpha value is -2.48. The van der Waals surface area contributed by atoms with E-state index >= 15 is 0 Å². The first-order chi connectivity index (χ1) is 11.6. The normalized spacial score (nSPS) is 15.3. The average Bonchev–Trinajstić information content (AvgIpc) is 3.12. The fraction of sp³-hybridized carbons (Fsp3) is 0.375. The summed E-state index contributed by atoms with van der Waals surface area (Å²) in [4.78, 5) is 28.6. The molecule has 2 aromatic heterocycles. The molecule has 1 aliphatic heterocycles. The van der Waals surface area contributed by atoms with Crippen molar-refractivity contribution in [1.82, 2.24) is 15.1 Å². The van der Waals surface area contributed by atoms with E-state index in [1.54, 1.807) is 18.3 Å². The molecule has 1 fully saturated rings. The number of piperidine rings is 1. The predicted molar refractivity (Wildman–Crippen MR) is 92.2 cm³/mol. The van der Waals surface area contributed by atoms with Gasteiger partial charge in [-0.3, -0.25) is 9.59 Å². The number of aromatic nitrogens is 2. The molecule has 0 radical (unpaired) electrons. The van der Waals surface area contributed by atoms with Gasteiger partial charge >= 0.3 is 0 Å². The Morgan fingerprint density at radius 2 is 1.96 bits per heavy atom. The molecule has 0 atom stereocenters. The highest BCUT2D eigenvalue weighted by Gasteiger charge is 2.27. The topological polar surface area (TPSA) is 92.4 Å². The van der Waals surface area contributed by atoms with Gasteiger partial charge in [-0.1, -0.05) is 0 Å². The van der Waals surface area contributed by atoms with E-state index in [-0.39, 0.29) is 5.91 Å². The van der Waals surface area contributed by atoms with E-state index in [2.05, 4.69) is 15.1 Å². The van der Waals surface area contributed by atoms with Crippen LogP contribution in [-0.2, 0) is 0 Å². The molecule has 0 bridgehead atoms. The van der Waals surface area contributed by atoms with Crippen molar-refractivity contribution in [3.8, 4) is 0 Å². The number of nitrogens with two attached hydrogens (primary N) is 1. The van der Waals surface area contributed by atoms with Gasteiger partial charge in [0.1, 0.15) is 0 Å². The van der Waals surface area contributed by atoms with Gasteiger partial charge < -0.3 is 15.5 Å². The molecule has 0 aromatic carbocycles. The van der Waals surface area contributed by atoms with Gasteiger partial charge in [-0.05, 0) is 37.1 Å². The number of primary amides is 1. The number of hydrogen-bond donors (Lipinski definition) is 1. The van der Waals surface area contributed by atoms with Gasteiger partial charge in [0, 0.05) is 32.4 Å². The van der Waals surface area contributed by atoms with E-state index in [9.17, 15) is 9.59 Å². The third-order valence-corrected chi connectivity index (χ3v) is 5.37. The number of carbonyl (C=O) groups is 2. The van der Waals surface area contributed by atoms with E-state index in [1.807, 2.05) is 24.1 Å². The van der Waals surface area contributed by atoms with Crippen LogP contribution in [0.5, 0.6) is 0 Å². The highest BCUT2D eigenvalue weighted by molar-refractivity contribution is 7.15. The Bertz CT molecular complexity index is 725. The molecule has 3 heterocycles. The number of carbonyl (C=O) groups excluding carboxylic acids is 2. The summed E-state index contributed by atoms with van der Waals surface area (Å²) >= 11 is 1.15. The van der Waals surface area contributed by atoms with Crippen molar-refractivity contribution < 1.29 is 9.59 Å². The SMILES string of the molecule is CN(c1cccnn1)C1CCN(C(=O)c2ccc(C(N)=O)s2)CC1. The zero-order chi connectivity index (χ0) is 17.1. The monoisotopic (exact) mass is 345 g/mol. The molecular weight excluding hydrogens is 326 g/mol. The molecule has 24 heavy (non-hydrogen) atoms. The second-order valence-electron chi connectivity index (χ2n) is 5.74. The van der Waals surface area contributed by atoms with Crippen LogP contribution in [0.3, 0.4) is 0 Å². The highest BCUT2D eigenvalue weighted by Crippen LogP contribution is 2.23. The molecule has 126 valence electrons. The van der Waals surface area contributed by atoms with Gasteiger partial charge in [0.15, 0.2) is 5.82 Å². The van der Waals surface area contributed by atoms with Crippen LogP contribution in [0.2, 0.25) is 0 Å². The Morgan fingerprint density at radius 1 is 1.25 bits per heavy atom. The third-order valence-electron chi connectivity index (χ3n) is 4.28. The zero-order valence-corrected chi connectivity index (χ0v) is 14.2. The van der Waals surface area contributed by atoms with E-state index < -0.39 is 5.91 Å². The molecule has 3 rings (SSSR count). The summed E-state index contributed by atoms with van der Waals surface area (Å²) in [6.45, 7) is 1.36. The van der Waals surface area contributed by atoms with Crippen LogP contribution in [-0.4, -0.2) is 53.1 Å². The number of rotatable bonds is 4. The third kappa shape index (κ3) is 3.38. The van der Waals surface area contributed by atoms with Gasteiger partial charge in [0.05, 0.1) is 9.75 Å². The lowest BCUT2D eigenvalue weighted by atomic mass is 10.0. The number of hydrogen-bond acceptors (Lipinski definition) is 6. The molecule has 2 N–H and O–H groups in total. The standard InChI is InChI=1S/C16H19N5O2S/c1-20(14-3-2-8-18-19-14)11-6-9-21(10-7-11)16(23)13-5-4-12(24-13)15(17)22/h2-5,8,11H,6-7,9-10H2,1H3,(H2,17,22). The Balaban J connectivity index is 1.60. The second-order valence-corrected chi connectivity index (χ2v) is 6.83. The van der Waals surface area contributed by atoms with Crippen LogP contribution in [0, 0.1) is 0 Å². The Morgan fingerprint density at radius 3 is 2.54 bits per heavy atom. The van der Waals surface area contributed by atoms with E-state index in [0.717, 1.165) is 30.0 Å². The minimum atomic E-state index is -0.497. The lowest BCUT2D eigenvalue weighted by Gasteiger charge is -2.36. The van der Waals surface area contributed by atoms with Crippen molar-refractivity contribution in [2.75, 3.05) is 25.0 Å². The summed E-state index contributed by atoms with van der Waals surface area (Å²) in [5, 5.41) is 8.04. The molecule has 2 amide bonds. The van der Waals surface area contributed by atoms with Crippen LogP contribution in [0.1, 0.15) is 32.2 Å². The maximum absolute atomic E-state index is 12.5. The van der Waals surface area contributed by atoms with Crippen molar-refractivity contribution in [1.29, 1.82) is 0 Å². The summed E-state index contributed by atoms with van der Waals surface area (Å²) in [5.41, 5.74) is 5.24. The molecule has 7 nitrogen and oxygen atoms in total. The fourth-order valence-corrected chi connectivity index (χ4v) is 3.69. The van der Waals surface area contributed by atoms with Crippen molar-refractivity contribution in [2.24, 2.45) is 5.73 Å². The number of anilines is 1. The summed E-state index contributed by atoms with van der Waals surface area (Å²) in [6, 6.07) is 7.40. The van der Waals surface area contributed by atoms with Gasteiger partial charge in [0.25, 0.3) is 11.8 Å². The summed E-state index contributed by atoms with van der Waals surface area (Å²) in [7, 11) is 2.00. The van der Waals surface area contributed by atoms with Gasteiger partial charge in [0.2, 0.25) is 0 Å². The molecular formula is C16H19N5O2S. The first-order valence-corrected chi connectivity index (χ1v) is 8.57. The zero-order valence-electron chi connectivity index (χ0n) is 13.4. The molecule has 0 unspecified atom stereocenters. The van der Waals surface area contributed by atoms with Crippen LogP contribution < -0.4 is 10.6 Å². The van der Waals surface area contributed by atoms with Crippen LogP contribution in [0.4, 0.5) is 5.82 Å². The van der Waals surface area contributed by atoms with Crippen LogP contribution >= 0.6 is 11.3 Å². The van der Waals surface area contributed by atoms with Gasteiger partial charge in [-0.15, -0.1) is 16.4 Å². The molecule has 0 saturated carbocycles. The van der Waals surface area contributed by atoms with E-state index in [0.29, 0.717) is 28.9 Å². The molecule has 0 aliphatic carbocycles. The van der Waals surface area contributed by atoms with Crippen LogP contribution in [0.25, 0.3) is 0 Å².